The predicted molar refractivity (Wildman–Crippen MR) is 135 cm³/mol. The summed E-state index contributed by atoms with van der Waals surface area (Å²) in [6.45, 7) is 6.54. The zero-order chi connectivity index (χ0) is 23.9. The lowest BCUT2D eigenvalue weighted by molar-refractivity contribution is -0.154. The molecule has 0 spiro atoms. The highest BCUT2D eigenvalue weighted by Gasteiger charge is 2.35. The average molecular weight is 467 g/mol. The highest BCUT2D eigenvalue weighted by molar-refractivity contribution is 5.98. The molecular weight excluding hydrogens is 428 g/mol. The van der Waals surface area contributed by atoms with E-state index in [0.29, 0.717) is 13.2 Å². The first-order chi connectivity index (χ1) is 16.5. The molecule has 7 nitrogen and oxygen atoms in total. The molecule has 1 saturated heterocycles. The summed E-state index contributed by atoms with van der Waals surface area (Å²) >= 11 is 0. The van der Waals surface area contributed by atoms with Gasteiger partial charge in [-0.1, -0.05) is 50.1 Å². The van der Waals surface area contributed by atoms with Gasteiger partial charge in [-0.2, -0.15) is 5.10 Å². The van der Waals surface area contributed by atoms with E-state index in [2.05, 4.69) is 32.5 Å². The van der Waals surface area contributed by atoms with Crippen molar-refractivity contribution >= 4 is 23.3 Å². The molecule has 7 heteroatoms. The fourth-order valence-corrected chi connectivity index (χ4v) is 5.31. The third-order valence-corrected chi connectivity index (χ3v) is 7.16. The van der Waals surface area contributed by atoms with Crippen LogP contribution in [0.15, 0.2) is 30.3 Å². The number of H-pyrrole nitrogens is 1. The highest BCUT2D eigenvalue weighted by Crippen LogP contribution is 2.37. The standard InChI is InChI=1S/C27H38N4O3/c1-19(18-34-27(33)23(20(2)32)21-11-7-8-12-21)17-28-26-25(31-15-9-4-10-16-31)24(29-30-26)22-13-5-3-6-14-22/h3,5-6,13-14,19,21,23H,4,7-12,15-18H2,1-2H3,(H2,28,29,30). The number of rotatable bonds is 10. The molecule has 34 heavy (non-hydrogen) atoms. The number of carbonyl (C=O) groups is 2. The molecule has 0 amide bonds. The molecule has 2 N–H and O–H groups in total. The third-order valence-electron chi connectivity index (χ3n) is 7.16. The van der Waals surface area contributed by atoms with Crippen LogP contribution in [0.3, 0.4) is 0 Å². The van der Waals surface area contributed by atoms with Gasteiger partial charge < -0.3 is 15.0 Å². The Balaban J connectivity index is 1.38. The summed E-state index contributed by atoms with van der Waals surface area (Å²) in [5.74, 6) is 0.124. The summed E-state index contributed by atoms with van der Waals surface area (Å²) in [6, 6.07) is 10.3. The van der Waals surface area contributed by atoms with Crippen LogP contribution in [-0.2, 0) is 14.3 Å². The maximum atomic E-state index is 12.7. The molecule has 1 aromatic carbocycles. The van der Waals surface area contributed by atoms with Gasteiger partial charge in [-0.05, 0) is 44.9 Å². The zero-order valence-corrected chi connectivity index (χ0v) is 20.5. The van der Waals surface area contributed by atoms with Crippen molar-refractivity contribution in [2.45, 2.75) is 58.8 Å². The first kappa shape index (κ1) is 24.3. The smallest absolute Gasteiger partial charge is 0.316 e. The van der Waals surface area contributed by atoms with Crippen LogP contribution in [0.1, 0.15) is 58.8 Å². The number of carbonyl (C=O) groups excluding carboxylic acids is 2. The number of aromatic nitrogens is 2. The average Bonchev–Trinajstić information content (AvgIpc) is 3.53. The molecule has 2 unspecified atom stereocenters. The van der Waals surface area contributed by atoms with Crippen LogP contribution in [0, 0.1) is 17.8 Å². The number of ketones is 1. The van der Waals surface area contributed by atoms with Crippen molar-refractivity contribution in [3.05, 3.63) is 30.3 Å². The van der Waals surface area contributed by atoms with Crippen molar-refractivity contribution in [2.75, 3.05) is 36.5 Å². The molecule has 0 radical (unpaired) electrons. The topological polar surface area (TPSA) is 87.3 Å². The molecule has 2 aromatic rings. The van der Waals surface area contributed by atoms with Gasteiger partial charge in [0.1, 0.15) is 28.9 Å². The van der Waals surface area contributed by atoms with Gasteiger partial charge >= 0.3 is 5.97 Å². The molecule has 1 aliphatic heterocycles. The van der Waals surface area contributed by atoms with E-state index in [-0.39, 0.29) is 23.6 Å². The molecule has 184 valence electrons. The van der Waals surface area contributed by atoms with E-state index in [0.717, 1.165) is 61.5 Å². The SMILES string of the molecule is CC(=O)C(C(=O)OCC(C)CNc1[nH]nc(-c2ccccc2)c1N1CCCCC1)C1CCCC1. The van der Waals surface area contributed by atoms with Crippen molar-refractivity contribution < 1.29 is 14.3 Å². The van der Waals surface area contributed by atoms with Crippen molar-refractivity contribution in [1.29, 1.82) is 0 Å². The Labute approximate surface area is 202 Å². The summed E-state index contributed by atoms with van der Waals surface area (Å²) in [7, 11) is 0. The number of anilines is 2. The minimum absolute atomic E-state index is 0.0697. The number of Topliss-reactive ketones (excluding diaryl/α,β-unsaturated/α-hetero) is 1. The van der Waals surface area contributed by atoms with E-state index in [4.69, 9.17) is 4.74 Å². The third kappa shape index (κ3) is 5.80. The van der Waals surface area contributed by atoms with Gasteiger partial charge in [0, 0.05) is 31.1 Å². The van der Waals surface area contributed by atoms with Gasteiger partial charge in [0.2, 0.25) is 0 Å². The second-order valence-corrected chi connectivity index (χ2v) is 9.96. The fourth-order valence-electron chi connectivity index (χ4n) is 5.31. The monoisotopic (exact) mass is 466 g/mol. The van der Waals surface area contributed by atoms with E-state index in [1.54, 1.807) is 0 Å². The first-order valence-electron chi connectivity index (χ1n) is 12.8. The molecule has 4 rings (SSSR count). The van der Waals surface area contributed by atoms with Gasteiger partial charge in [-0.15, -0.1) is 0 Å². The molecule has 1 aliphatic carbocycles. The van der Waals surface area contributed by atoms with Crippen LogP contribution < -0.4 is 10.2 Å². The van der Waals surface area contributed by atoms with E-state index >= 15 is 0 Å². The highest BCUT2D eigenvalue weighted by atomic mass is 16.5. The van der Waals surface area contributed by atoms with Crippen LogP contribution in [0.2, 0.25) is 0 Å². The number of hydrogen-bond acceptors (Lipinski definition) is 6. The minimum atomic E-state index is -0.602. The number of esters is 1. The lowest BCUT2D eigenvalue weighted by Gasteiger charge is -2.29. The molecule has 0 bridgehead atoms. The lowest BCUT2D eigenvalue weighted by atomic mass is 9.88. The van der Waals surface area contributed by atoms with Crippen LogP contribution >= 0.6 is 0 Å². The minimum Gasteiger partial charge on any atom is -0.465 e. The maximum Gasteiger partial charge on any atom is 0.316 e. The summed E-state index contributed by atoms with van der Waals surface area (Å²) in [5, 5.41) is 11.4. The Morgan fingerprint density at radius 2 is 1.82 bits per heavy atom. The number of ether oxygens (including phenoxy) is 1. The Morgan fingerprint density at radius 1 is 1.12 bits per heavy atom. The molecule has 2 fully saturated rings. The second-order valence-electron chi connectivity index (χ2n) is 9.96. The van der Waals surface area contributed by atoms with E-state index < -0.39 is 5.92 Å². The van der Waals surface area contributed by atoms with E-state index in [1.165, 1.54) is 26.2 Å². The van der Waals surface area contributed by atoms with Crippen molar-refractivity contribution in [3.63, 3.8) is 0 Å². The Morgan fingerprint density at radius 3 is 2.50 bits per heavy atom. The van der Waals surface area contributed by atoms with Gasteiger partial charge in [-0.3, -0.25) is 14.7 Å². The normalized spacial score (nSPS) is 18.5. The Kier molecular flexibility index (Phi) is 8.25. The Hall–Kier alpha value is -2.83. The molecular formula is C27H38N4O3. The van der Waals surface area contributed by atoms with Crippen molar-refractivity contribution in [3.8, 4) is 11.3 Å². The second kappa shape index (κ2) is 11.5. The number of nitrogens with one attached hydrogen (secondary N) is 2. The number of hydrogen-bond donors (Lipinski definition) is 2. The van der Waals surface area contributed by atoms with Gasteiger partial charge in [0.25, 0.3) is 0 Å². The predicted octanol–water partition coefficient (Wildman–Crippen LogP) is 5.05. The maximum absolute atomic E-state index is 12.7. The van der Waals surface area contributed by atoms with Crippen molar-refractivity contribution in [1.82, 2.24) is 10.2 Å². The van der Waals surface area contributed by atoms with E-state index in [1.807, 2.05) is 25.1 Å². The number of nitrogens with zero attached hydrogens (tertiary/aromatic N) is 2. The quantitative estimate of drug-likeness (QED) is 0.376. The molecule has 2 atom stereocenters. The van der Waals surface area contributed by atoms with Gasteiger partial charge in [0.15, 0.2) is 0 Å². The largest absolute Gasteiger partial charge is 0.465 e. The lowest BCUT2D eigenvalue weighted by Crippen LogP contribution is -2.32. The summed E-state index contributed by atoms with van der Waals surface area (Å²) in [4.78, 5) is 27.2. The van der Waals surface area contributed by atoms with Gasteiger partial charge in [0.05, 0.1) is 6.61 Å². The van der Waals surface area contributed by atoms with E-state index in [9.17, 15) is 9.59 Å². The first-order valence-corrected chi connectivity index (χ1v) is 12.8. The molecule has 2 heterocycles. The van der Waals surface area contributed by atoms with Crippen molar-refractivity contribution in [2.24, 2.45) is 17.8 Å². The zero-order valence-electron chi connectivity index (χ0n) is 20.5. The number of piperidine rings is 1. The fraction of sp³-hybridized carbons (Fsp3) is 0.593. The summed E-state index contributed by atoms with van der Waals surface area (Å²) in [6.07, 6.45) is 7.71. The molecule has 2 aliphatic rings. The van der Waals surface area contributed by atoms with Gasteiger partial charge in [-0.25, -0.2) is 0 Å². The summed E-state index contributed by atoms with van der Waals surface area (Å²) < 4.78 is 5.61. The Bertz CT molecular complexity index is 946. The molecule has 1 aromatic heterocycles. The van der Waals surface area contributed by atoms with Crippen LogP contribution in [0.25, 0.3) is 11.3 Å². The number of benzene rings is 1. The van der Waals surface area contributed by atoms with Crippen LogP contribution in [0.4, 0.5) is 11.5 Å². The van der Waals surface area contributed by atoms with Crippen LogP contribution in [0.5, 0.6) is 0 Å². The molecule has 1 saturated carbocycles. The van der Waals surface area contributed by atoms with Crippen LogP contribution in [-0.4, -0.2) is 48.2 Å². The number of aromatic amines is 1. The summed E-state index contributed by atoms with van der Waals surface area (Å²) in [5.41, 5.74) is 3.18.